The maximum atomic E-state index is 11.2. The summed E-state index contributed by atoms with van der Waals surface area (Å²) in [5, 5.41) is 9.19. The molecule has 1 aromatic carbocycles. The van der Waals surface area contributed by atoms with Crippen LogP contribution in [0.5, 0.6) is 5.75 Å². The highest BCUT2D eigenvalue weighted by molar-refractivity contribution is 9.10. The molecule has 0 bridgehead atoms. The lowest BCUT2D eigenvalue weighted by atomic mass is 9.92. The van der Waals surface area contributed by atoms with E-state index in [2.05, 4.69) is 15.9 Å². The molecule has 1 rings (SSSR count). The average molecular weight is 287 g/mol. The smallest absolute Gasteiger partial charge is 0.311 e. The van der Waals surface area contributed by atoms with Crippen molar-refractivity contribution in [1.29, 1.82) is 0 Å². The number of hydrogen-bond acceptors (Lipinski definition) is 2. The van der Waals surface area contributed by atoms with Crippen LogP contribution in [0.25, 0.3) is 0 Å². The third-order valence-electron chi connectivity index (χ3n) is 2.68. The number of carbonyl (C=O) groups is 1. The normalized spacial score (nSPS) is 12.2. The first-order valence-corrected chi connectivity index (χ1v) is 5.88. The standard InChI is InChI=1S/C12H15BrO3/c1-4-8(12(14)15)11-7(2)9(13)5-6-10(11)16-3/h5-6,8H,4H2,1-3H3,(H,14,15). The number of hydrogen-bond donors (Lipinski definition) is 1. The Hall–Kier alpha value is -1.03. The van der Waals surface area contributed by atoms with E-state index < -0.39 is 11.9 Å². The third kappa shape index (κ3) is 2.38. The van der Waals surface area contributed by atoms with Crippen LogP contribution in [-0.4, -0.2) is 18.2 Å². The second-order valence-corrected chi connectivity index (χ2v) is 4.44. The topological polar surface area (TPSA) is 46.5 Å². The summed E-state index contributed by atoms with van der Waals surface area (Å²) in [5.41, 5.74) is 1.68. The summed E-state index contributed by atoms with van der Waals surface area (Å²) in [4.78, 5) is 11.2. The molecular weight excluding hydrogens is 272 g/mol. The second-order valence-electron chi connectivity index (χ2n) is 3.59. The molecule has 1 N–H and O–H groups in total. The largest absolute Gasteiger partial charge is 0.496 e. The monoisotopic (exact) mass is 286 g/mol. The van der Waals surface area contributed by atoms with Crippen LogP contribution in [0.4, 0.5) is 0 Å². The average Bonchev–Trinajstić information content (AvgIpc) is 2.25. The fraction of sp³-hybridized carbons (Fsp3) is 0.417. The molecule has 1 unspecified atom stereocenters. The number of benzene rings is 1. The van der Waals surface area contributed by atoms with Crippen LogP contribution in [0, 0.1) is 6.92 Å². The quantitative estimate of drug-likeness (QED) is 0.923. The van der Waals surface area contributed by atoms with Gasteiger partial charge in [-0.25, -0.2) is 0 Å². The van der Waals surface area contributed by atoms with Crippen LogP contribution < -0.4 is 4.74 Å². The number of carboxylic acid groups (broad SMARTS) is 1. The highest BCUT2D eigenvalue weighted by Gasteiger charge is 2.24. The van der Waals surface area contributed by atoms with Crippen molar-refractivity contribution >= 4 is 21.9 Å². The summed E-state index contributed by atoms with van der Waals surface area (Å²) < 4.78 is 6.14. The molecular formula is C12H15BrO3. The van der Waals surface area contributed by atoms with Crippen LogP contribution in [0.1, 0.15) is 30.4 Å². The molecule has 1 atom stereocenters. The molecule has 0 spiro atoms. The maximum Gasteiger partial charge on any atom is 0.311 e. The van der Waals surface area contributed by atoms with E-state index in [0.717, 1.165) is 15.6 Å². The Labute approximate surface area is 104 Å². The van der Waals surface area contributed by atoms with Crippen LogP contribution in [0.15, 0.2) is 16.6 Å². The summed E-state index contributed by atoms with van der Waals surface area (Å²) in [6.45, 7) is 3.76. The SMILES string of the molecule is CCC(C(=O)O)c1c(OC)ccc(Br)c1C. The molecule has 0 amide bonds. The van der Waals surface area contributed by atoms with E-state index in [1.807, 2.05) is 19.9 Å². The predicted octanol–water partition coefficient (Wildman–Crippen LogP) is 3.34. The lowest BCUT2D eigenvalue weighted by Gasteiger charge is -2.18. The first kappa shape index (κ1) is 13.0. The summed E-state index contributed by atoms with van der Waals surface area (Å²) in [5.74, 6) is -0.704. The summed E-state index contributed by atoms with van der Waals surface area (Å²) in [7, 11) is 1.56. The zero-order valence-electron chi connectivity index (χ0n) is 9.58. The Morgan fingerprint density at radius 1 is 1.56 bits per heavy atom. The van der Waals surface area contributed by atoms with Crippen LogP contribution >= 0.6 is 15.9 Å². The number of rotatable bonds is 4. The first-order valence-electron chi connectivity index (χ1n) is 5.08. The van der Waals surface area contributed by atoms with Crippen molar-refractivity contribution in [3.63, 3.8) is 0 Å². The van der Waals surface area contributed by atoms with Crippen LogP contribution in [0.3, 0.4) is 0 Å². The lowest BCUT2D eigenvalue weighted by Crippen LogP contribution is -2.13. The molecule has 0 aliphatic rings. The number of halogens is 1. The predicted molar refractivity (Wildman–Crippen MR) is 66.1 cm³/mol. The van der Waals surface area contributed by atoms with Gasteiger partial charge in [-0.15, -0.1) is 0 Å². The van der Waals surface area contributed by atoms with Gasteiger partial charge in [0.2, 0.25) is 0 Å². The van der Waals surface area contributed by atoms with E-state index in [1.54, 1.807) is 13.2 Å². The van der Waals surface area contributed by atoms with Gasteiger partial charge < -0.3 is 9.84 Å². The molecule has 0 aliphatic heterocycles. The van der Waals surface area contributed by atoms with E-state index in [4.69, 9.17) is 4.74 Å². The summed E-state index contributed by atoms with van der Waals surface area (Å²) in [6, 6.07) is 3.66. The molecule has 0 fully saturated rings. The zero-order valence-corrected chi connectivity index (χ0v) is 11.2. The van der Waals surface area contributed by atoms with Gasteiger partial charge in [0.15, 0.2) is 0 Å². The molecule has 0 saturated carbocycles. The highest BCUT2D eigenvalue weighted by atomic mass is 79.9. The van der Waals surface area contributed by atoms with Gasteiger partial charge in [-0.05, 0) is 31.0 Å². The minimum atomic E-state index is -0.818. The van der Waals surface area contributed by atoms with Gasteiger partial charge in [0.05, 0.1) is 13.0 Å². The Morgan fingerprint density at radius 2 is 2.19 bits per heavy atom. The third-order valence-corrected chi connectivity index (χ3v) is 3.54. The molecule has 0 aliphatic carbocycles. The maximum absolute atomic E-state index is 11.2. The van der Waals surface area contributed by atoms with Gasteiger partial charge in [0.1, 0.15) is 5.75 Å². The van der Waals surface area contributed by atoms with E-state index >= 15 is 0 Å². The first-order chi connectivity index (χ1) is 7.52. The van der Waals surface area contributed by atoms with E-state index in [-0.39, 0.29) is 0 Å². The van der Waals surface area contributed by atoms with Crippen molar-refractivity contribution in [2.24, 2.45) is 0 Å². The van der Waals surface area contributed by atoms with Gasteiger partial charge in [-0.2, -0.15) is 0 Å². The molecule has 0 radical (unpaired) electrons. The molecule has 3 nitrogen and oxygen atoms in total. The second kappa shape index (κ2) is 5.34. The van der Waals surface area contributed by atoms with Crippen molar-refractivity contribution in [1.82, 2.24) is 0 Å². The fourth-order valence-electron chi connectivity index (χ4n) is 1.79. The highest BCUT2D eigenvalue weighted by Crippen LogP contribution is 2.35. The summed E-state index contributed by atoms with van der Waals surface area (Å²) >= 11 is 3.41. The van der Waals surface area contributed by atoms with Crippen LogP contribution in [-0.2, 0) is 4.79 Å². The van der Waals surface area contributed by atoms with Gasteiger partial charge >= 0.3 is 5.97 Å². The molecule has 0 heterocycles. The van der Waals surface area contributed by atoms with E-state index in [1.165, 1.54) is 0 Å². The van der Waals surface area contributed by atoms with Crippen LogP contribution in [0.2, 0.25) is 0 Å². The van der Waals surface area contributed by atoms with Gasteiger partial charge in [-0.3, -0.25) is 4.79 Å². The van der Waals surface area contributed by atoms with Crippen molar-refractivity contribution in [3.8, 4) is 5.75 Å². The number of ether oxygens (including phenoxy) is 1. The zero-order chi connectivity index (χ0) is 12.3. The minimum absolute atomic E-state index is 0.521. The van der Waals surface area contributed by atoms with Crippen molar-refractivity contribution in [2.75, 3.05) is 7.11 Å². The molecule has 0 saturated heterocycles. The van der Waals surface area contributed by atoms with Gasteiger partial charge in [0.25, 0.3) is 0 Å². The number of carboxylic acids is 1. The van der Waals surface area contributed by atoms with E-state index in [9.17, 15) is 9.90 Å². The lowest BCUT2D eigenvalue weighted by molar-refractivity contribution is -0.138. The van der Waals surface area contributed by atoms with Crippen molar-refractivity contribution in [3.05, 3.63) is 27.7 Å². The van der Waals surface area contributed by atoms with Gasteiger partial charge in [0, 0.05) is 10.0 Å². The Kier molecular flexibility index (Phi) is 4.35. The molecule has 1 aromatic rings. The van der Waals surface area contributed by atoms with E-state index in [0.29, 0.717) is 12.2 Å². The molecule has 16 heavy (non-hydrogen) atoms. The van der Waals surface area contributed by atoms with Gasteiger partial charge in [-0.1, -0.05) is 22.9 Å². The van der Waals surface area contributed by atoms with Crippen molar-refractivity contribution in [2.45, 2.75) is 26.2 Å². The number of aliphatic carboxylic acids is 1. The Morgan fingerprint density at radius 3 is 2.62 bits per heavy atom. The Bertz CT molecular complexity index is 401. The number of methoxy groups -OCH3 is 1. The summed E-state index contributed by atoms with van der Waals surface area (Å²) in [6.07, 6.45) is 0.545. The van der Waals surface area contributed by atoms with Crippen molar-refractivity contribution < 1.29 is 14.6 Å². The fourth-order valence-corrected chi connectivity index (χ4v) is 2.14. The molecule has 0 aromatic heterocycles. The molecule has 4 heteroatoms. The minimum Gasteiger partial charge on any atom is -0.496 e. The Balaban J connectivity index is 3.38. The molecule has 88 valence electrons.